The summed E-state index contributed by atoms with van der Waals surface area (Å²) >= 11 is 0. The summed E-state index contributed by atoms with van der Waals surface area (Å²) in [6, 6.07) is 7.50. The van der Waals surface area contributed by atoms with Crippen molar-refractivity contribution in [3.63, 3.8) is 0 Å². The summed E-state index contributed by atoms with van der Waals surface area (Å²) in [4.78, 5) is 14.2. The molecule has 0 aliphatic carbocycles. The van der Waals surface area contributed by atoms with Crippen LogP contribution in [-0.2, 0) is 9.53 Å². The topological polar surface area (TPSA) is 97.8 Å². The molecule has 1 amide bonds. The third-order valence-electron chi connectivity index (χ3n) is 4.57. The molecule has 1 aromatic carbocycles. The number of fused-ring (bicyclic) bond motifs is 1. The van der Waals surface area contributed by atoms with Gasteiger partial charge in [-0.15, -0.1) is 5.10 Å². The minimum atomic E-state index is -0.169. The summed E-state index contributed by atoms with van der Waals surface area (Å²) in [7, 11) is 0. The average Bonchev–Trinajstić information content (AvgIpc) is 3.24. The molecule has 1 fully saturated rings. The van der Waals surface area contributed by atoms with Crippen LogP contribution in [0.3, 0.4) is 0 Å². The van der Waals surface area contributed by atoms with Gasteiger partial charge in [0.2, 0.25) is 12.7 Å². The monoisotopic (exact) mass is 397 g/mol. The molecule has 0 saturated carbocycles. The first-order chi connectivity index (χ1) is 14.3. The van der Waals surface area contributed by atoms with Crippen LogP contribution in [0.5, 0.6) is 11.5 Å². The van der Waals surface area contributed by atoms with E-state index in [-0.39, 0.29) is 12.7 Å². The second kappa shape index (κ2) is 9.24. The predicted octanol–water partition coefficient (Wildman–Crippen LogP) is 1.28. The van der Waals surface area contributed by atoms with E-state index in [2.05, 4.69) is 25.7 Å². The molecular weight excluding hydrogens is 374 g/mol. The van der Waals surface area contributed by atoms with Crippen molar-refractivity contribution in [1.82, 2.24) is 15.5 Å². The molecule has 1 aromatic heterocycles. The van der Waals surface area contributed by atoms with Gasteiger partial charge in [0, 0.05) is 38.3 Å². The van der Waals surface area contributed by atoms with Gasteiger partial charge in [-0.3, -0.25) is 4.79 Å². The van der Waals surface area contributed by atoms with E-state index in [1.165, 1.54) is 6.08 Å². The van der Waals surface area contributed by atoms with Gasteiger partial charge in [0.1, 0.15) is 0 Å². The number of amides is 1. The Kier molecular flexibility index (Phi) is 6.06. The number of carbonyl (C=O) groups is 1. The lowest BCUT2D eigenvalue weighted by Crippen LogP contribution is -2.36. The summed E-state index contributed by atoms with van der Waals surface area (Å²) in [6.45, 7) is 4.37. The number of nitrogens with one attached hydrogen (secondary N) is 2. The van der Waals surface area contributed by atoms with Gasteiger partial charge in [0.25, 0.3) is 0 Å². The molecule has 4 rings (SSSR count). The summed E-state index contributed by atoms with van der Waals surface area (Å²) in [5.74, 6) is 1.92. The van der Waals surface area contributed by atoms with Gasteiger partial charge >= 0.3 is 0 Å². The zero-order valence-electron chi connectivity index (χ0n) is 16.0. The minimum absolute atomic E-state index is 0.169. The number of hydrogen-bond donors (Lipinski definition) is 2. The lowest BCUT2D eigenvalue weighted by atomic mass is 10.2. The van der Waals surface area contributed by atoms with Crippen LogP contribution in [0, 0.1) is 0 Å². The van der Waals surface area contributed by atoms with Gasteiger partial charge in [-0.25, -0.2) is 0 Å². The minimum Gasteiger partial charge on any atom is -0.454 e. The highest BCUT2D eigenvalue weighted by molar-refractivity contribution is 5.91. The first-order valence-electron chi connectivity index (χ1n) is 9.53. The Morgan fingerprint density at radius 1 is 1.14 bits per heavy atom. The molecule has 0 unspecified atom stereocenters. The van der Waals surface area contributed by atoms with Crippen molar-refractivity contribution in [3.8, 4) is 11.5 Å². The summed E-state index contributed by atoms with van der Waals surface area (Å²) in [6.07, 6.45) is 4.98. The van der Waals surface area contributed by atoms with Crippen LogP contribution < -0.4 is 25.0 Å². The van der Waals surface area contributed by atoms with Gasteiger partial charge in [0.15, 0.2) is 17.3 Å². The van der Waals surface area contributed by atoms with Crippen molar-refractivity contribution >= 4 is 23.5 Å². The molecule has 0 bridgehead atoms. The van der Waals surface area contributed by atoms with Crippen LogP contribution in [0.4, 0.5) is 11.5 Å². The summed E-state index contributed by atoms with van der Waals surface area (Å²) in [5, 5.41) is 14.2. The highest BCUT2D eigenvalue weighted by Crippen LogP contribution is 2.32. The second-order valence-corrected chi connectivity index (χ2v) is 6.56. The largest absolute Gasteiger partial charge is 0.454 e. The summed E-state index contributed by atoms with van der Waals surface area (Å²) in [5.41, 5.74) is 1.89. The Morgan fingerprint density at radius 3 is 2.90 bits per heavy atom. The molecule has 2 aliphatic rings. The van der Waals surface area contributed by atoms with Crippen LogP contribution in [0.15, 0.2) is 36.5 Å². The maximum atomic E-state index is 12.0. The number of ether oxygens (including phenoxy) is 3. The maximum Gasteiger partial charge on any atom is 0.244 e. The quantitative estimate of drug-likeness (QED) is 0.533. The fourth-order valence-electron chi connectivity index (χ4n) is 3.06. The Bertz CT molecular complexity index is 883. The number of rotatable bonds is 7. The van der Waals surface area contributed by atoms with E-state index in [4.69, 9.17) is 14.2 Å². The maximum absolute atomic E-state index is 12.0. The highest BCUT2D eigenvalue weighted by atomic mass is 16.7. The molecule has 2 N–H and O–H groups in total. The van der Waals surface area contributed by atoms with E-state index in [1.54, 1.807) is 12.3 Å². The Morgan fingerprint density at radius 2 is 2.00 bits per heavy atom. The van der Waals surface area contributed by atoms with Crippen molar-refractivity contribution in [2.75, 3.05) is 56.4 Å². The first kappa shape index (κ1) is 19.0. The van der Waals surface area contributed by atoms with E-state index < -0.39 is 0 Å². The van der Waals surface area contributed by atoms with Crippen molar-refractivity contribution < 1.29 is 19.0 Å². The van der Waals surface area contributed by atoms with Crippen molar-refractivity contribution in [3.05, 3.63) is 42.1 Å². The molecule has 0 atom stereocenters. The molecule has 2 aromatic rings. The van der Waals surface area contributed by atoms with Crippen LogP contribution in [0.2, 0.25) is 0 Å². The average molecular weight is 397 g/mol. The van der Waals surface area contributed by atoms with E-state index in [0.29, 0.717) is 24.7 Å². The molecule has 9 heteroatoms. The van der Waals surface area contributed by atoms with Gasteiger partial charge in [-0.05, 0) is 23.8 Å². The van der Waals surface area contributed by atoms with Gasteiger partial charge in [-0.2, -0.15) is 5.10 Å². The van der Waals surface area contributed by atoms with E-state index in [9.17, 15) is 4.79 Å². The first-order valence-corrected chi connectivity index (χ1v) is 9.53. The second-order valence-electron chi connectivity index (χ2n) is 6.56. The molecule has 3 heterocycles. The lowest BCUT2D eigenvalue weighted by Gasteiger charge is -2.28. The number of hydrogen-bond acceptors (Lipinski definition) is 8. The lowest BCUT2D eigenvalue weighted by molar-refractivity contribution is -0.116. The van der Waals surface area contributed by atoms with Crippen LogP contribution in [0.25, 0.3) is 6.08 Å². The third-order valence-corrected chi connectivity index (χ3v) is 4.57. The standard InChI is InChI=1S/C20H23N5O4/c26-20(4-2-15-1-3-17-18(11-15)29-14-28-17)22-6-5-21-19-12-16(13-23-24-19)25-7-9-27-10-8-25/h1-4,11-13H,5-10,14H2,(H,21,24)(H,22,26)/b4-2+. The number of benzene rings is 1. The molecule has 1 saturated heterocycles. The van der Waals surface area contributed by atoms with Gasteiger partial charge in [0.05, 0.1) is 25.1 Å². The number of morpholine rings is 1. The Hall–Kier alpha value is -3.33. The molecule has 152 valence electrons. The number of carbonyl (C=O) groups excluding carboxylic acids is 1. The van der Waals surface area contributed by atoms with Crippen molar-refractivity contribution in [2.45, 2.75) is 0 Å². The zero-order chi connectivity index (χ0) is 19.9. The van der Waals surface area contributed by atoms with Crippen molar-refractivity contribution in [1.29, 1.82) is 0 Å². The molecular formula is C20H23N5O4. The predicted molar refractivity (Wildman–Crippen MR) is 108 cm³/mol. The normalized spacial score (nSPS) is 15.5. The van der Waals surface area contributed by atoms with Crippen LogP contribution >= 0.6 is 0 Å². The van der Waals surface area contributed by atoms with Crippen LogP contribution in [-0.4, -0.2) is 62.3 Å². The smallest absolute Gasteiger partial charge is 0.244 e. The fraction of sp³-hybridized carbons (Fsp3) is 0.350. The van der Waals surface area contributed by atoms with Gasteiger partial charge in [-0.1, -0.05) is 6.07 Å². The van der Waals surface area contributed by atoms with E-state index in [0.717, 1.165) is 43.3 Å². The number of anilines is 2. The van der Waals surface area contributed by atoms with E-state index in [1.807, 2.05) is 24.3 Å². The molecule has 9 nitrogen and oxygen atoms in total. The fourth-order valence-corrected chi connectivity index (χ4v) is 3.06. The van der Waals surface area contributed by atoms with E-state index >= 15 is 0 Å². The summed E-state index contributed by atoms with van der Waals surface area (Å²) < 4.78 is 16.0. The SMILES string of the molecule is O=C(/C=C/c1ccc2c(c1)OCO2)NCCNc1cc(N2CCOCC2)cnn1. The molecule has 2 aliphatic heterocycles. The number of nitrogens with zero attached hydrogens (tertiary/aromatic N) is 3. The molecule has 0 spiro atoms. The molecule has 29 heavy (non-hydrogen) atoms. The Labute approximate surface area is 168 Å². The van der Waals surface area contributed by atoms with Crippen LogP contribution in [0.1, 0.15) is 5.56 Å². The molecule has 0 radical (unpaired) electrons. The van der Waals surface area contributed by atoms with Crippen molar-refractivity contribution in [2.24, 2.45) is 0 Å². The zero-order valence-corrected chi connectivity index (χ0v) is 16.0. The number of aromatic nitrogens is 2. The van der Waals surface area contributed by atoms with Gasteiger partial charge < -0.3 is 29.7 Å². The Balaban J connectivity index is 1.21. The highest BCUT2D eigenvalue weighted by Gasteiger charge is 2.13. The third kappa shape index (κ3) is 5.14.